The molecule has 0 saturated carbocycles. The summed E-state index contributed by atoms with van der Waals surface area (Å²) in [5.74, 6) is 0.0136. The molecule has 0 radical (unpaired) electrons. The molecule has 6 heteroatoms. The van der Waals surface area contributed by atoms with Gasteiger partial charge in [0.15, 0.2) is 0 Å². The average molecular weight is 404 g/mol. The molecular weight excluding hydrogens is 366 g/mol. The number of ether oxygens (including phenoxy) is 1. The normalized spacial score (nSPS) is 15.4. The minimum atomic E-state index is -0.508. The molecule has 162 valence electrons. The highest BCUT2D eigenvalue weighted by atomic mass is 16.6. The Kier molecular flexibility index (Phi) is 7.69. The van der Waals surface area contributed by atoms with Crippen LogP contribution in [0.3, 0.4) is 0 Å². The van der Waals surface area contributed by atoms with Crippen LogP contribution < -0.4 is 5.32 Å². The first kappa shape index (κ1) is 23.2. The van der Waals surface area contributed by atoms with E-state index in [9.17, 15) is 9.59 Å². The monoisotopic (exact) mass is 403 g/mol. The molecule has 1 saturated heterocycles. The molecule has 1 aromatic rings. The van der Waals surface area contributed by atoms with Crippen molar-refractivity contribution in [3.05, 3.63) is 35.4 Å². The first-order valence-corrected chi connectivity index (χ1v) is 10.6. The smallest absolute Gasteiger partial charge is 0.410 e. The van der Waals surface area contributed by atoms with Crippen molar-refractivity contribution in [1.29, 1.82) is 0 Å². The fraction of sp³-hybridized carbons (Fsp3) is 0.652. The van der Waals surface area contributed by atoms with E-state index in [-0.39, 0.29) is 17.5 Å². The molecule has 1 aliphatic heterocycles. The molecule has 1 N–H and O–H groups in total. The van der Waals surface area contributed by atoms with Gasteiger partial charge in [-0.1, -0.05) is 25.5 Å². The van der Waals surface area contributed by atoms with Gasteiger partial charge in [0.25, 0.3) is 5.91 Å². The van der Waals surface area contributed by atoms with E-state index in [1.54, 1.807) is 9.80 Å². The van der Waals surface area contributed by atoms with Crippen LogP contribution >= 0.6 is 0 Å². The highest BCUT2D eigenvalue weighted by molar-refractivity contribution is 5.94. The van der Waals surface area contributed by atoms with Crippen molar-refractivity contribution in [2.45, 2.75) is 72.1 Å². The second-order valence-electron chi connectivity index (χ2n) is 9.44. The molecule has 0 aliphatic carbocycles. The second-order valence-corrected chi connectivity index (χ2v) is 9.44. The highest BCUT2D eigenvalue weighted by Gasteiger charge is 2.28. The van der Waals surface area contributed by atoms with Crippen molar-refractivity contribution < 1.29 is 14.3 Å². The summed E-state index contributed by atoms with van der Waals surface area (Å²) in [6, 6.07) is 7.82. The molecule has 2 rings (SSSR count). The van der Waals surface area contributed by atoms with Crippen LogP contribution in [-0.4, -0.2) is 59.1 Å². The largest absolute Gasteiger partial charge is 0.444 e. The predicted molar refractivity (Wildman–Crippen MR) is 116 cm³/mol. The molecule has 1 aromatic carbocycles. The minimum absolute atomic E-state index is 0.0136. The van der Waals surface area contributed by atoms with Crippen molar-refractivity contribution in [1.82, 2.24) is 15.1 Å². The molecule has 1 fully saturated rings. The summed E-state index contributed by atoms with van der Waals surface area (Å²) in [5, 5.41) is 3.58. The van der Waals surface area contributed by atoms with Gasteiger partial charge in [0.05, 0.1) is 0 Å². The molecule has 0 spiro atoms. The number of benzene rings is 1. The maximum Gasteiger partial charge on any atom is 0.410 e. The highest BCUT2D eigenvalue weighted by Crippen LogP contribution is 2.15. The standard InChI is InChI=1S/C23H37N3O3/c1-7-12-23(5,6)24-17-18-8-10-19(11-9-18)20(27)25-13-15-26(16-14-25)21(28)29-22(2,3)4/h8-11,24H,7,12-17H2,1-6H3. The molecule has 2 amide bonds. The van der Waals surface area contributed by atoms with Gasteiger partial charge in [0, 0.05) is 43.8 Å². The summed E-state index contributed by atoms with van der Waals surface area (Å²) < 4.78 is 5.41. The Balaban J connectivity index is 1.86. The molecule has 1 heterocycles. The fourth-order valence-electron chi connectivity index (χ4n) is 3.42. The second kappa shape index (κ2) is 9.61. The summed E-state index contributed by atoms with van der Waals surface area (Å²) >= 11 is 0. The van der Waals surface area contributed by atoms with Crippen LogP contribution in [0.15, 0.2) is 24.3 Å². The molecule has 0 bridgehead atoms. The average Bonchev–Trinajstić information content (AvgIpc) is 2.65. The van der Waals surface area contributed by atoms with Crippen molar-refractivity contribution in [3.63, 3.8) is 0 Å². The summed E-state index contributed by atoms with van der Waals surface area (Å²) in [6.07, 6.45) is 1.96. The van der Waals surface area contributed by atoms with Gasteiger partial charge in [-0.3, -0.25) is 4.79 Å². The number of carbonyl (C=O) groups excluding carboxylic acids is 2. The number of nitrogens with zero attached hydrogens (tertiary/aromatic N) is 2. The predicted octanol–water partition coefficient (Wildman–Crippen LogP) is 4.05. The van der Waals surface area contributed by atoms with Crippen LogP contribution in [0, 0.1) is 0 Å². The van der Waals surface area contributed by atoms with Crippen molar-refractivity contribution >= 4 is 12.0 Å². The maximum absolute atomic E-state index is 12.8. The first-order chi connectivity index (χ1) is 13.5. The van der Waals surface area contributed by atoms with Crippen LogP contribution in [0.25, 0.3) is 0 Å². The Bertz CT molecular complexity index is 684. The van der Waals surface area contributed by atoms with Crippen molar-refractivity contribution in [3.8, 4) is 0 Å². The molecule has 1 aliphatic rings. The lowest BCUT2D eigenvalue weighted by Gasteiger charge is -2.35. The van der Waals surface area contributed by atoms with E-state index in [1.165, 1.54) is 5.56 Å². The van der Waals surface area contributed by atoms with Crippen LogP contribution in [0.4, 0.5) is 4.79 Å². The van der Waals surface area contributed by atoms with E-state index >= 15 is 0 Å². The Hall–Kier alpha value is -2.08. The molecule has 6 nitrogen and oxygen atoms in total. The molecule has 29 heavy (non-hydrogen) atoms. The van der Waals surface area contributed by atoms with E-state index in [1.807, 2.05) is 45.0 Å². The summed E-state index contributed by atoms with van der Waals surface area (Å²) in [4.78, 5) is 28.4. The van der Waals surface area contributed by atoms with Crippen LogP contribution in [-0.2, 0) is 11.3 Å². The topological polar surface area (TPSA) is 61.9 Å². The van der Waals surface area contributed by atoms with E-state index in [4.69, 9.17) is 4.74 Å². The van der Waals surface area contributed by atoms with Gasteiger partial charge in [0.1, 0.15) is 5.60 Å². The van der Waals surface area contributed by atoms with Gasteiger partial charge in [-0.25, -0.2) is 4.79 Å². The van der Waals surface area contributed by atoms with Gasteiger partial charge in [0.2, 0.25) is 0 Å². The van der Waals surface area contributed by atoms with Gasteiger partial charge >= 0.3 is 6.09 Å². The van der Waals surface area contributed by atoms with E-state index in [0.717, 1.165) is 19.4 Å². The maximum atomic E-state index is 12.8. The van der Waals surface area contributed by atoms with Gasteiger partial charge < -0.3 is 19.9 Å². The van der Waals surface area contributed by atoms with E-state index < -0.39 is 5.60 Å². The van der Waals surface area contributed by atoms with Crippen molar-refractivity contribution in [2.24, 2.45) is 0 Å². The Labute approximate surface area is 175 Å². The Morgan fingerprint density at radius 2 is 1.52 bits per heavy atom. The minimum Gasteiger partial charge on any atom is -0.444 e. The quantitative estimate of drug-likeness (QED) is 0.778. The number of rotatable bonds is 6. The molecule has 0 unspecified atom stereocenters. The number of piperazine rings is 1. The Morgan fingerprint density at radius 3 is 2.03 bits per heavy atom. The lowest BCUT2D eigenvalue weighted by atomic mass is 9.98. The summed E-state index contributed by atoms with van der Waals surface area (Å²) in [5.41, 5.74) is 1.46. The number of hydrogen-bond donors (Lipinski definition) is 1. The van der Waals surface area contributed by atoms with E-state index in [2.05, 4.69) is 26.1 Å². The van der Waals surface area contributed by atoms with E-state index in [0.29, 0.717) is 31.7 Å². The third-order valence-corrected chi connectivity index (χ3v) is 5.07. The zero-order valence-corrected chi connectivity index (χ0v) is 18.9. The van der Waals surface area contributed by atoms with Crippen LogP contribution in [0.5, 0.6) is 0 Å². The first-order valence-electron chi connectivity index (χ1n) is 10.6. The number of amides is 2. The third-order valence-electron chi connectivity index (χ3n) is 5.07. The summed E-state index contributed by atoms with van der Waals surface area (Å²) in [7, 11) is 0. The molecule has 0 atom stereocenters. The molecule has 0 aromatic heterocycles. The van der Waals surface area contributed by atoms with Gasteiger partial charge in [-0.2, -0.15) is 0 Å². The number of nitrogens with one attached hydrogen (secondary N) is 1. The van der Waals surface area contributed by atoms with Crippen molar-refractivity contribution in [2.75, 3.05) is 26.2 Å². The number of hydrogen-bond acceptors (Lipinski definition) is 4. The van der Waals surface area contributed by atoms with Crippen LogP contribution in [0.1, 0.15) is 70.3 Å². The van der Waals surface area contributed by atoms with Gasteiger partial charge in [-0.05, 0) is 58.7 Å². The van der Waals surface area contributed by atoms with Gasteiger partial charge in [-0.15, -0.1) is 0 Å². The third kappa shape index (κ3) is 7.35. The summed E-state index contributed by atoms with van der Waals surface area (Å²) in [6.45, 7) is 15.0. The van der Waals surface area contributed by atoms with Crippen LogP contribution in [0.2, 0.25) is 0 Å². The fourth-order valence-corrected chi connectivity index (χ4v) is 3.42. The SMILES string of the molecule is CCCC(C)(C)NCc1ccc(C(=O)N2CCN(C(=O)OC(C)(C)C)CC2)cc1. The lowest BCUT2D eigenvalue weighted by Crippen LogP contribution is -2.51. The molecular formula is C23H37N3O3. The zero-order chi connectivity index (χ0) is 21.7. The lowest BCUT2D eigenvalue weighted by molar-refractivity contribution is 0.0141. The Morgan fingerprint density at radius 1 is 0.966 bits per heavy atom. The number of carbonyl (C=O) groups is 2. The zero-order valence-electron chi connectivity index (χ0n) is 18.9.